The third-order valence-corrected chi connectivity index (χ3v) is 4.65. The molecule has 2 amide bonds. The number of hydrogen-bond acceptors (Lipinski definition) is 8. The first-order valence-electron chi connectivity index (χ1n) is 10.4. The van der Waals surface area contributed by atoms with Crippen LogP contribution in [0, 0.1) is 26.9 Å². The van der Waals surface area contributed by atoms with Crippen LogP contribution >= 0.6 is 0 Å². The maximum absolute atomic E-state index is 13.3. The van der Waals surface area contributed by atoms with Gasteiger partial charge in [-0.2, -0.15) is 5.26 Å². The van der Waals surface area contributed by atoms with Crippen LogP contribution in [0.3, 0.4) is 0 Å². The van der Waals surface area contributed by atoms with Gasteiger partial charge < -0.3 is 25.2 Å². The van der Waals surface area contributed by atoms with Crippen molar-refractivity contribution in [1.82, 2.24) is 4.90 Å². The lowest BCUT2D eigenvalue weighted by Gasteiger charge is -2.29. The summed E-state index contributed by atoms with van der Waals surface area (Å²) in [4.78, 5) is 37.4. The van der Waals surface area contributed by atoms with E-state index in [1.807, 2.05) is 20.8 Å². The van der Waals surface area contributed by atoms with E-state index >= 15 is 0 Å². The molecule has 0 aliphatic carbocycles. The lowest BCUT2D eigenvalue weighted by atomic mass is 9.95. The first-order valence-corrected chi connectivity index (χ1v) is 10.4. The first-order chi connectivity index (χ1) is 16.4. The number of nitrogens with one attached hydrogen (secondary N) is 1. The van der Waals surface area contributed by atoms with Crippen LogP contribution in [0.2, 0.25) is 0 Å². The zero-order chi connectivity index (χ0) is 26.3. The predicted octanol–water partition coefficient (Wildman–Crippen LogP) is 3.62. The Morgan fingerprint density at radius 2 is 1.86 bits per heavy atom. The highest BCUT2D eigenvalue weighted by Crippen LogP contribution is 2.39. The number of aliphatic hydroxyl groups excluding tert-OH is 1. The molecule has 0 aromatic heterocycles. The summed E-state index contributed by atoms with van der Waals surface area (Å²) in [6, 6.07) is 12.1. The maximum atomic E-state index is 13.3. The number of amides is 2. The standard InChI is InChI=1S/C24H26N4O7/c1-24(2,3)14-27(13-20(29)26-16-8-6-5-7-9-16)23(32)17(12-25)21(30)15-10-18(28(33)34)22(31)19(11-15)35-4/h5-11,30-31H,13-14H2,1-4H3,(H,26,29)/b21-17-. The van der Waals surface area contributed by atoms with Crippen molar-refractivity contribution >= 4 is 28.9 Å². The van der Waals surface area contributed by atoms with E-state index in [1.165, 1.54) is 0 Å². The van der Waals surface area contributed by atoms with E-state index in [2.05, 4.69) is 5.32 Å². The highest BCUT2D eigenvalue weighted by atomic mass is 16.6. The number of phenols is 1. The molecule has 0 fully saturated rings. The van der Waals surface area contributed by atoms with E-state index in [9.17, 15) is 35.2 Å². The number of anilines is 1. The molecule has 0 atom stereocenters. The number of para-hydroxylation sites is 1. The number of nitriles is 1. The van der Waals surface area contributed by atoms with Crippen LogP contribution < -0.4 is 10.1 Å². The average Bonchev–Trinajstić information content (AvgIpc) is 2.78. The number of aliphatic hydroxyl groups is 1. The summed E-state index contributed by atoms with van der Waals surface area (Å²) in [6.07, 6.45) is 0. The van der Waals surface area contributed by atoms with E-state index in [1.54, 1.807) is 36.4 Å². The van der Waals surface area contributed by atoms with Crippen LogP contribution in [-0.2, 0) is 9.59 Å². The average molecular weight is 482 g/mol. The van der Waals surface area contributed by atoms with Crippen LogP contribution in [0.25, 0.3) is 5.76 Å². The second-order valence-corrected chi connectivity index (χ2v) is 8.77. The molecule has 2 rings (SSSR count). The summed E-state index contributed by atoms with van der Waals surface area (Å²) >= 11 is 0. The predicted molar refractivity (Wildman–Crippen MR) is 128 cm³/mol. The fourth-order valence-corrected chi connectivity index (χ4v) is 3.20. The maximum Gasteiger partial charge on any atom is 0.315 e. The summed E-state index contributed by atoms with van der Waals surface area (Å²) in [7, 11) is 1.15. The Balaban J connectivity index is 2.48. The molecule has 0 heterocycles. The van der Waals surface area contributed by atoms with Crippen molar-refractivity contribution in [2.45, 2.75) is 20.8 Å². The Morgan fingerprint density at radius 1 is 1.23 bits per heavy atom. The second kappa shape index (κ2) is 11.0. The topological polar surface area (TPSA) is 166 Å². The van der Waals surface area contributed by atoms with Crippen molar-refractivity contribution in [1.29, 1.82) is 5.26 Å². The number of phenolic OH excluding ortho intramolecular Hbond substituents is 1. The second-order valence-electron chi connectivity index (χ2n) is 8.77. The lowest BCUT2D eigenvalue weighted by Crippen LogP contribution is -2.43. The van der Waals surface area contributed by atoms with E-state index in [0.717, 1.165) is 24.1 Å². The quantitative estimate of drug-likeness (QED) is 0.169. The summed E-state index contributed by atoms with van der Waals surface area (Å²) in [5.41, 5.74) is -1.77. The zero-order valence-electron chi connectivity index (χ0n) is 19.7. The number of nitrogens with zero attached hydrogens (tertiary/aromatic N) is 3. The fourth-order valence-electron chi connectivity index (χ4n) is 3.20. The van der Waals surface area contributed by atoms with Crippen LogP contribution in [0.15, 0.2) is 48.0 Å². The number of hydrogen-bond donors (Lipinski definition) is 3. The number of carbonyl (C=O) groups excluding carboxylic acids is 2. The van der Waals surface area contributed by atoms with Crippen LogP contribution in [0.5, 0.6) is 11.5 Å². The third-order valence-electron chi connectivity index (χ3n) is 4.65. The van der Waals surface area contributed by atoms with E-state index in [-0.39, 0.29) is 17.9 Å². The minimum absolute atomic E-state index is 0.0611. The fraction of sp³-hybridized carbons (Fsp3) is 0.292. The van der Waals surface area contributed by atoms with Gasteiger partial charge in [-0.3, -0.25) is 19.7 Å². The van der Waals surface area contributed by atoms with Crippen LogP contribution in [0.4, 0.5) is 11.4 Å². The molecule has 0 saturated heterocycles. The first kappa shape index (κ1) is 26.7. The number of nitro benzene ring substituents is 1. The van der Waals surface area contributed by atoms with Gasteiger partial charge in [0.2, 0.25) is 11.7 Å². The summed E-state index contributed by atoms with van der Waals surface area (Å²) in [5, 5.41) is 44.3. The molecule has 0 aliphatic heterocycles. The van der Waals surface area contributed by atoms with Gasteiger partial charge in [0.1, 0.15) is 18.4 Å². The molecule has 0 radical (unpaired) electrons. The molecule has 0 bridgehead atoms. The number of nitro groups is 1. The monoisotopic (exact) mass is 482 g/mol. The van der Waals surface area contributed by atoms with Crippen molar-refractivity contribution in [3.05, 3.63) is 63.7 Å². The summed E-state index contributed by atoms with van der Waals surface area (Å²) in [6.45, 7) is 5.12. The third kappa shape index (κ3) is 6.94. The Labute approximate surface area is 202 Å². The van der Waals surface area contributed by atoms with Gasteiger partial charge in [0.05, 0.1) is 12.0 Å². The molecule has 0 spiro atoms. The highest BCUT2D eigenvalue weighted by Gasteiger charge is 2.30. The normalized spacial score (nSPS) is 11.6. The van der Waals surface area contributed by atoms with E-state index < -0.39 is 51.5 Å². The number of rotatable bonds is 8. The lowest BCUT2D eigenvalue weighted by molar-refractivity contribution is -0.386. The smallest absolute Gasteiger partial charge is 0.315 e. The van der Waals surface area contributed by atoms with E-state index in [4.69, 9.17) is 4.74 Å². The van der Waals surface area contributed by atoms with Crippen molar-refractivity contribution in [3.63, 3.8) is 0 Å². The Hall–Kier alpha value is -4.59. The number of aromatic hydroxyl groups is 1. The molecule has 35 heavy (non-hydrogen) atoms. The van der Waals surface area contributed by atoms with Gasteiger partial charge >= 0.3 is 5.69 Å². The molecule has 0 saturated carbocycles. The minimum atomic E-state index is -0.946. The van der Waals surface area contributed by atoms with Crippen LogP contribution in [0.1, 0.15) is 26.3 Å². The molecule has 11 nitrogen and oxygen atoms in total. The molecule has 0 unspecified atom stereocenters. The molecule has 184 valence electrons. The van der Waals surface area contributed by atoms with Crippen LogP contribution in [-0.4, -0.2) is 52.0 Å². The Morgan fingerprint density at radius 3 is 2.37 bits per heavy atom. The van der Waals surface area contributed by atoms with Crippen molar-refractivity contribution < 1.29 is 29.5 Å². The number of carbonyl (C=O) groups is 2. The van der Waals surface area contributed by atoms with Crippen molar-refractivity contribution in [3.8, 4) is 17.6 Å². The highest BCUT2D eigenvalue weighted by molar-refractivity contribution is 6.05. The van der Waals surface area contributed by atoms with Gasteiger partial charge in [-0.1, -0.05) is 39.0 Å². The molecule has 0 aliphatic rings. The molecular weight excluding hydrogens is 456 g/mol. The summed E-state index contributed by atoms with van der Waals surface area (Å²) < 4.78 is 4.90. The Kier molecular flexibility index (Phi) is 8.39. The molecule has 11 heteroatoms. The Bertz CT molecular complexity index is 1190. The molecule has 3 N–H and O–H groups in total. The van der Waals surface area contributed by atoms with E-state index in [0.29, 0.717) is 5.69 Å². The number of methoxy groups -OCH3 is 1. The largest absolute Gasteiger partial charge is 0.506 e. The molecule has 2 aromatic carbocycles. The zero-order valence-corrected chi connectivity index (χ0v) is 19.7. The summed E-state index contributed by atoms with van der Waals surface area (Å²) in [5.74, 6) is -3.43. The molecule has 2 aromatic rings. The minimum Gasteiger partial charge on any atom is -0.506 e. The van der Waals surface area contributed by atoms with Crippen molar-refractivity contribution in [2.75, 3.05) is 25.5 Å². The van der Waals surface area contributed by atoms with Gasteiger partial charge in [-0.15, -0.1) is 0 Å². The van der Waals surface area contributed by atoms with Gasteiger partial charge in [-0.05, 0) is 23.6 Å². The van der Waals surface area contributed by atoms with Gasteiger partial charge in [0.15, 0.2) is 11.3 Å². The van der Waals surface area contributed by atoms with Gasteiger partial charge in [0.25, 0.3) is 5.91 Å². The van der Waals surface area contributed by atoms with Gasteiger partial charge in [0, 0.05) is 23.9 Å². The molecular formula is C24H26N4O7. The van der Waals surface area contributed by atoms with Crippen molar-refractivity contribution in [2.24, 2.45) is 5.41 Å². The number of ether oxygens (including phenoxy) is 1. The number of benzene rings is 2. The van der Waals surface area contributed by atoms with Gasteiger partial charge in [-0.25, -0.2) is 0 Å². The SMILES string of the molecule is COc1cc(/C(O)=C(\C#N)C(=O)N(CC(=O)Nc2ccccc2)CC(C)(C)C)cc([N+](=O)[O-])c1O.